The van der Waals surface area contributed by atoms with Crippen LogP contribution in [0.25, 0.3) is 5.65 Å². The second kappa shape index (κ2) is 8.02. The molecular weight excluding hydrogens is 347 g/mol. The number of rotatable bonds is 4. The molecule has 2 aromatic rings. The first kappa shape index (κ1) is 19.0. The lowest BCUT2D eigenvalue weighted by Crippen LogP contribution is -2.49. The number of amides is 1. The third-order valence-corrected chi connectivity index (χ3v) is 4.07. The summed E-state index contributed by atoms with van der Waals surface area (Å²) in [4.78, 5) is 16.5. The minimum atomic E-state index is 0. The van der Waals surface area contributed by atoms with Crippen molar-refractivity contribution >= 4 is 48.0 Å². The van der Waals surface area contributed by atoms with Gasteiger partial charge in [0, 0.05) is 18.3 Å². The van der Waals surface area contributed by atoms with Crippen LogP contribution in [0.5, 0.6) is 0 Å². The molecule has 122 valence electrons. The van der Waals surface area contributed by atoms with E-state index in [1.807, 2.05) is 23.6 Å². The number of nitrogens with one attached hydrogen (secondary N) is 2. The molecule has 3 rings (SSSR count). The first-order valence-corrected chi connectivity index (χ1v) is 7.13. The minimum Gasteiger partial charge on any atom is -0.350 e. The molecule has 5 nitrogen and oxygen atoms in total. The molecule has 1 fully saturated rings. The van der Waals surface area contributed by atoms with Crippen LogP contribution in [0.15, 0.2) is 24.5 Å². The molecule has 8 heteroatoms. The van der Waals surface area contributed by atoms with E-state index >= 15 is 0 Å². The van der Waals surface area contributed by atoms with Gasteiger partial charge in [0.2, 0.25) is 5.91 Å². The maximum Gasteiger partial charge on any atom is 0.223 e. The lowest BCUT2D eigenvalue weighted by molar-refractivity contribution is -0.126. The van der Waals surface area contributed by atoms with Crippen molar-refractivity contribution in [2.45, 2.75) is 13.5 Å². The van der Waals surface area contributed by atoms with Gasteiger partial charge in [0.25, 0.3) is 0 Å². The lowest BCUT2D eigenvalue weighted by Gasteiger charge is -2.31. The summed E-state index contributed by atoms with van der Waals surface area (Å²) in [7, 11) is 0. The number of imidazole rings is 1. The smallest absolute Gasteiger partial charge is 0.223 e. The predicted octanol–water partition coefficient (Wildman–Crippen LogP) is 2.30. The van der Waals surface area contributed by atoms with E-state index in [1.165, 1.54) is 0 Å². The van der Waals surface area contributed by atoms with E-state index < -0.39 is 0 Å². The van der Waals surface area contributed by atoms with Crippen molar-refractivity contribution in [3.05, 3.63) is 35.2 Å². The van der Waals surface area contributed by atoms with Crippen LogP contribution in [0.4, 0.5) is 0 Å². The molecule has 1 amide bonds. The summed E-state index contributed by atoms with van der Waals surface area (Å²) in [6.07, 6.45) is 3.69. The number of pyridine rings is 1. The molecule has 22 heavy (non-hydrogen) atoms. The van der Waals surface area contributed by atoms with Crippen molar-refractivity contribution in [3.63, 3.8) is 0 Å². The van der Waals surface area contributed by atoms with Crippen molar-refractivity contribution in [1.82, 2.24) is 20.0 Å². The van der Waals surface area contributed by atoms with Gasteiger partial charge < -0.3 is 15.0 Å². The second-order valence-corrected chi connectivity index (χ2v) is 5.71. The van der Waals surface area contributed by atoms with Gasteiger partial charge in [-0.2, -0.15) is 0 Å². The van der Waals surface area contributed by atoms with Gasteiger partial charge in [0.1, 0.15) is 5.65 Å². The van der Waals surface area contributed by atoms with Gasteiger partial charge in [0.15, 0.2) is 0 Å². The van der Waals surface area contributed by atoms with Crippen molar-refractivity contribution in [2.24, 2.45) is 11.8 Å². The quantitative estimate of drug-likeness (QED) is 0.874. The third kappa shape index (κ3) is 4.04. The van der Waals surface area contributed by atoms with Crippen molar-refractivity contribution in [3.8, 4) is 0 Å². The molecule has 0 aromatic carbocycles. The summed E-state index contributed by atoms with van der Waals surface area (Å²) in [6, 6.07) is 3.66. The molecule has 0 radical (unpaired) electrons. The zero-order valence-electron chi connectivity index (χ0n) is 12.1. The van der Waals surface area contributed by atoms with E-state index in [4.69, 9.17) is 11.6 Å². The Kier molecular flexibility index (Phi) is 6.94. The van der Waals surface area contributed by atoms with Crippen LogP contribution >= 0.6 is 36.4 Å². The lowest BCUT2D eigenvalue weighted by atomic mass is 9.88. The van der Waals surface area contributed by atoms with Crippen LogP contribution < -0.4 is 10.6 Å². The zero-order chi connectivity index (χ0) is 14.1. The Morgan fingerprint density at radius 3 is 2.82 bits per heavy atom. The van der Waals surface area contributed by atoms with Crippen LogP contribution in [0, 0.1) is 11.8 Å². The van der Waals surface area contributed by atoms with Gasteiger partial charge in [-0.3, -0.25) is 4.79 Å². The Hall–Kier alpha value is -1.01. The summed E-state index contributed by atoms with van der Waals surface area (Å²) in [6.45, 7) is 4.29. The van der Waals surface area contributed by atoms with E-state index in [9.17, 15) is 4.79 Å². The maximum absolute atomic E-state index is 12.0. The Balaban J connectivity index is 0.00000121. The number of halogens is 3. The average molecular weight is 366 g/mol. The summed E-state index contributed by atoms with van der Waals surface area (Å²) in [5.41, 5.74) is 1.66. The van der Waals surface area contributed by atoms with Crippen LogP contribution in [0.2, 0.25) is 5.02 Å². The van der Waals surface area contributed by atoms with Gasteiger partial charge >= 0.3 is 0 Å². The van der Waals surface area contributed by atoms with E-state index in [0.717, 1.165) is 24.4 Å². The SMILES string of the molecule is CC(C(=O)NCc1cn2cc(Cl)ccc2n1)C1CNC1.Cl.Cl. The van der Waals surface area contributed by atoms with E-state index in [2.05, 4.69) is 15.6 Å². The molecule has 0 saturated carbocycles. The van der Waals surface area contributed by atoms with E-state index in [0.29, 0.717) is 17.5 Å². The first-order valence-electron chi connectivity index (χ1n) is 6.75. The fraction of sp³-hybridized carbons (Fsp3) is 0.429. The fourth-order valence-corrected chi connectivity index (χ4v) is 2.49. The van der Waals surface area contributed by atoms with E-state index in [-0.39, 0.29) is 36.6 Å². The van der Waals surface area contributed by atoms with Gasteiger partial charge in [-0.05, 0) is 31.1 Å². The number of aromatic nitrogens is 2. The number of hydrogen-bond acceptors (Lipinski definition) is 3. The van der Waals surface area contributed by atoms with Crippen LogP contribution in [0.1, 0.15) is 12.6 Å². The average Bonchev–Trinajstić information content (AvgIpc) is 2.75. The zero-order valence-corrected chi connectivity index (χ0v) is 14.5. The predicted molar refractivity (Wildman–Crippen MR) is 92.1 cm³/mol. The van der Waals surface area contributed by atoms with Crippen LogP contribution in [-0.4, -0.2) is 28.4 Å². The highest BCUT2D eigenvalue weighted by atomic mass is 35.5. The molecule has 2 aromatic heterocycles. The summed E-state index contributed by atoms with van der Waals surface area (Å²) in [5, 5.41) is 6.80. The molecule has 1 saturated heterocycles. The van der Waals surface area contributed by atoms with Crippen molar-refractivity contribution < 1.29 is 4.79 Å². The molecule has 1 atom stereocenters. The Morgan fingerprint density at radius 1 is 1.45 bits per heavy atom. The molecule has 1 aliphatic heterocycles. The molecule has 1 unspecified atom stereocenters. The van der Waals surface area contributed by atoms with Gasteiger partial charge in [-0.25, -0.2) is 4.98 Å². The second-order valence-electron chi connectivity index (χ2n) is 5.27. The maximum atomic E-state index is 12.0. The largest absolute Gasteiger partial charge is 0.350 e. The number of fused-ring (bicyclic) bond motifs is 1. The molecular formula is C14H19Cl3N4O. The molecule has 0 aliphatic carbocycles. The van der Waals surface area contributed by atoms with Gasteiger partial charge in [0.05, 0.1) is 17.3 Å². The number of nitrogens with zero attached hydrogens (tertiary/aromatic N) is 2. The summed E-state index contributed by atoms with van der Waals surface area (Å²) in [5.74, 6) is 0.587. The highest BCUT2D eigenvalue weighted by molar-refractivity contribution is 6.30. The molecule has 0 bridgehead atoms. The number of carbonyl (C=O) groups is 1. The molecule has 1 aliphatic rings. The molecule has 0 spiro atoms. The Labute approximate surface area is 146 Å². The standard InChI is InChI=1S/C14H17ClN4O.2ClH/c1-9(10-4-16-5-10)14(20)17-6-12-8-19-7-11(15)2-3-13(19)18-12;;/h2-3,7-10,16H,4-6H2,1H3,(H,17,20);2*1H. The topological polar surface area (TPSA) is 58.4 Å². The monoisotopic (exact) mass is 364 g/mol. The minimum absolute atomic E-state index is 0. The van der Waals surface area contributed by atoms with E-state index in [1.54, 1.807) is 12.3 Å². The third-order valence-electron chi connectivity index (χ3n) is 3.84. The fourth-order valence-electron chi connectivity index (χ4n) is 2.32. The Morgan fingerprint density at radius 2 is 2.18 bits per heavy atom. The highest BCUT2D eigenvalue weighted by Crippen LogP contribution is 2.16. The van der Waals surface area contributed by atoms with Crippen LogP contribution in [0.3, 0.4) is 0 Å². The number of carbonyl (C=O) groups excluding carboxylic acids is 1. The van der Waals surface area contributed by atoms with Crippen molar-refractivity contribution in [2.75, 3.05) is 13.1 Å². The summed E-state index contributed by atoms with van der Waals surface area (Å²) >= 11 is 5.93. The van der Waals surface area contributed by atoms with Gasteiger partial charge in [-0.1, -0.05) is 18.5 Å². The normalized spacial score (nSPS) is 15.4. The van der Waals surface area contributed by atoms with Gasteiger partial charge in [-0.15, -0.1) is 24.8 Å². The first-order chi connectivity index (χ1) is 9.63. The number of hydrogen-bond donors (Lipinski definition) is 2. The molecule has 3 heterocycles. The van der Waals surface area contributed by atoms with Crippen LogP contribution in [-0.2, 0) is 11.3 Å². The molecule has 2 N–H and O–H groups in total. The highest BCUT2D eigenvalue weighted by Gasteiger charge is 2.28. The Bertz CT molecular complexity index is 642. The summed E-state index contributed by atoms with van der Waals surface area (Å²) < 4.78 is 1.86. The van der Waals surface area contributed by atoms with Crippen molar-refractivity contribution in [1.29, 1.82) is 0 Å².